The molecule has 0 saturated carbocycles. The van der Waals surface area contributed by atoms with E-state index in [0.717, 1.165) is 5.56 Å². The van der Waals surface area contributed by atoms with Crippen molar-refractivity contribution in [2.45, 2.75) is 6.92 Å². The molecule has 0 aliphatic rings. The fourth-order valence-corrected chi connectivity index (χ4v) is 3.28. The molecular weight excluding hydrogens is 467 g/mol. The van der Waals surface area contributed by atoms with Crippen LogP contribution in [0.15, 0.2) is 73.1 Å². The summed E-state index contributed by atoms with van der Waals surface area (Å²) in [5.74, 6) is -0.00654. The van der Waals surface area contributed by atoms with Crippen LogP contribution in [0.3, 0.4) is 0 Å². The van der Waals surface area contributed by atoms with Gasteiger partial charge in [0, 0.05) is 29.7 Å². The zero-order chi connectivity index (χ0) is 25.5. The number of urea groups is 1. The Morgan fingerprint density at radius 1 is 1.03 bits per heavy atom. The Bertz CT molecular complexity index is 1370. The first-order valence-corrected chi connectivity index (χ1v) is 11.0. The third-order valence-corrected chi connectivity index (χ3v) is 4.98. The second-order valence-corrected chi connectivity index (χ2v) is 7.75. The number of pyridine rings is 1. The number of ether oxygens (including phenoxy) is 2. The first-order valence-electron chi connectivity index (χ1n) is 11.0. The third kappa shape index (κ3) is 6.24. The maximum Gasteiger partial charge on any atom is 0.355 e. The number of aromatic amines is 1. The molecule has 0 bridgehead atoms. The van der Waals surface area contributed by atoms with Gasteiger partial charge >= 0.3 is 12.0 Å². The number of amides is 2. The molecule has 0 aliphatic heterocycles. The molecule has 184 valence electrons. The molecule has 0 aliphatic carbocycles. The van der Waals surface area contributed by atoms with E-state index in [1.165, 1.54) is 6.07 Å². The normalized spacial score (nSPS) is 10.5. The SMILES string of the molecule is Cc1ccc(F)c(NC(=O)Nc2ccc(Oc3ccnc(-c4c[nH]c(C(=O)OCC[OH2+])c4)c3)cc2)c1. The van der Waals surface area contributed by atoms with Crippen molar-refractivity contribution in [2.75, 3.05) is 23.8 Å². The van der Waals surface area contributed by atoms with Crippen LogP contribution in [0.4, 0.5) is 20.6 Å². The number of anilines is 2. The number of carbonyl (C=O) groups excluding carboxylic acids is 2. The van der Waals surface area contributed by atoms with Gasteiger partial charge in [0.2, 0.25) is 0 Å². The lowest BCUT2D eigenvalue weighted by molar-refractivity contribution is 0.0428. The van der Waals surface area contributed by atoms with Gasteiger partial charge < -0.3 is 30.2 Å². The summed E-state index contributed by atoms with van der Waals surface area (Å²) in [7, 11) is 0. The largest absolute Gasteiger partial charge is 0.457 e. The number of benzene rings is 2. The molecule has 0 radical (unpaired) electrons. The zero-order valence-corrected chi connectivity index (χ0v) is 19.3. The predicted molar refractivity (Wildman–Crippen MR) is 133 cm³/mol. The summed E-state index contributed by atoms with van der Waals surface area (Å²) >= 11 is 0. The molecule has 0 atom stereocenters. The Hall–Kier alpha value is -4.70. The van der Waals surface area contributed by atoms with Gasteiger partial charge in [0.15, 0.2) is 13.2 Å². The standard InChI is InChI=1S/C26H23FN4O5/c1-16-2-7-21(27)23(12-16)31-26(34)30-18-3-5-19(6-4-18)36-20-8-9-28-22(14-20)17-13-24(29-15-17)25(33)35-11-10-32/h2-9,12-15,29,32H,10-11H2,1H3,(H2,30,31,34)/p+1. The molecule has 0 spiro atoms. The van der Waals surface area contributed by atoms with Gasteiger partial charge in [-0.1, -0.05) is 6.07 Å². The van der Waals surface area contributed by atoms with Crippen LogP contribution in [0.5, 0.6) is 11.5 Å². The highest BCUT2D eigenvalue weighted by molar-refractivity contribution is 5.99. The molecule has 5 N–H and O–H groups in total. The molecule has 2 aromatic heterocycles. The number of halogens is 1. The van der Waals surface area contributed by atoms with Gasteiger partial charge in [0.05, 0.1) is 11.4 Å². The number of carbonyl (C=O) groups is 2. The summed E-state index contributed by atoms with van der Waals surface area (Å²) < 4.78 is 24.7. The average molecular weight is 491 g/mol. The fraction of sp³-hybridized carbons (Fsp3) is 0.115. The molecule has 2 amide bonds. The number of aryl methyl sites for hydroxylation is 1. The number of hydrogen-bond donors (Lipinski definition) is 3. The average Bonchev–Trinajstić information content (AvgIpc) is 3.37. The minimum atomic E-state index is -0.568. The molecule has 10 heteroatoms. The summed E-state index contributed by atoms with van der Waals surface area (Å²) in [6.07, 6.45) is 3.22. The number of esters is 1. The highest BCUT2D eigenvalue weighted by Crippen LogP contribution is 2.27. The van der Waals surface area contributed by atoms with Crippen LogP contribution < -0.4 is 15.4 Å². The Morgan fingerprint density at radius 3 is 2.61 bits per heavy atom. The smallest absolute Gasteiger partial charge is 0.355 e. The lowest BCUT2D eigenvalue weighted by Gasteiger charge is -2.10. The number of H-pyrrole nitrogens is 1. The van der Waals surface area contributed by atoms with Crippen molar-refractivity contribution in [1.29, 1.82) is 0 Å². The van der Waals surface area contributed by atoms with Crippen molar-refractivity contribution in [3.8, 4) is 22.8 Å². The van der Waals surface area contributed by atoms with Gasteiger partial charge in [-0.15, -0.1) is 0 Å². The van der Waals surface area contributed by atoms with E-state index in [4.69, 9.17) is 14.6 Å². The summed E-state index contributed by atoms with van der Waals surface area (Å²) in [5, 5.41) is 12.2. The third-order valence-electron chi connectivity index (χ3n) is 4.98. The molecule has 9 nitrogen and oxygen atoms in total. The van der Waals surface area contributed by atoms with Gasteiger partial charge in [-0.05, 0) is 61.0 Å². The second-order valence-electron chi connectivity index (χ2n) is 7.75. The van der Waals surface area contributed by atoms with Crippen molar-refractivity contribution in [2.24, 2.45) is 0 Å². The second kappa shape index (κ2) is 11.2. The van der Waals surface area contributed by atoms with Crippen LogP contribution in [-0.4, -0.2) is 40.3 Å². The van der Waals surface area contributed by atoms with E-state index in [1.807, 2.05) is 0 Å². The maximum atomic E-state index is 13.9. The van der Waals surface area contributed by atoms with E-state index in [1.54, 1.807) is 73.9 Å². The van der Waals surface area contributed by atoms with Gasteiger partial charge in [0.1, 0.15) is 23.0 Å². The lowest BCUT2D eigenvalue weighted by atomic mass is 10.2. The van der Waals surface area contributed by atoms with E-state index in [0.29, 0.717) is 28.4 Å². The molecular formula is C26H24FN4O5+. The minimum Gasteiger partial charge on any atom is -0.457 e. The van der Waals surface area contributed by atoms with Crippen LogP contribution in [-0.2, 0) is 4.74 Å². The van der Waals surface area contributed by atoms with E-state index >= 15 is 0 Å². The highest BCUT2D eigenvalue weighted by Gasteiger charge is 2.13. The zero-order valence-electron chi connectivity index (χ0n) is 19.3. The minimum absolute atomic E-state index is 0.00211. The summed E-state index contributed by atoms with van der Waals surface area (Å²) in [4.78, 5) is 31.3. The molecule has 0 unspecified atom stereocenters. The number of nitrogens with one attached hydrogen (secondary N) is 3. The molecule has 36 heavy (non-hydrogen) atoms. The van der Waals surface area contributed by atoms with E-state index < -0.39 is 17.8 Å². The Morgan fingerprint density at radius 2 is 1.83 bits per heavy atom. The fourth-order valence-electron chi connectivity index (χ4n) is 3.28. The monoisotopic (exact) mass is 491 g/mol. The van der Waals surface area contributed by atoms with Gasteiger partial charge in [-0.25, -0.2) is 14.0 Å². The van der Waals surface area contributed by atoms with Crippen LogP contribution in [0.25, 0.3) is 11.3 Å². The Kier molecular flexibility index (Phi) is 7.57. The summed E-state index contributed by atoms with van der Waals surface area (Å²) in [6.45, 7) is 1.83. The van der Waals surface area contributed by atoms with Crippen LogP contribution in [0.2, 0.25) is 0 Å². The number of rotatable bonds is 8. The van der Waals surface area contributed by atoms with E-state index in [-0.39, 0.29) is 24.6 Å². The van der Waals surface area contributed by atoms with Crippen LogP contribution in [0, 0.1) is 12.7 Å². The molecule has 4 rings (SSSR count). The number of nitrogens with zero attached hydrogens (tertiary/aromatic N) is 1. The molecule has 4 aromatic rings. The summed E-state index contributed by atoms with van der Waals surface area (Å²) in [6, 6.07) is 15.6. The molecule has 2 aromatic carbocycles. The molecule has 2 heterocycles. The first kappa shape index (κ1) is 24.4. The Balaban J connectivity index is 1.37. The molecule has 0 saturated heterocycles. The van der Waals surface area contributed by atoms with Crippen molar-refractivity contribution in [3.63, 3.8) is 0 Å². The highest BCUT2D eigenvalue weighted by atomic mass is 19.1. The van der Waals surface area contributed by atoms with Gasteiger partial charge in [0.25, 0.3) is 0 Å². The van der Waals surface area contributed by atoms with E-state index in [9.17, 15) is 14.0 Å². The lowest BCUT2D eigenvalue weighted by Crippen LogP contribution is -2.20. The van der Waals surface area contributed by atoms with Crippen LogP contribution >= 0.6 is 0 Å². The number of aromatic nitrogens is 2. The predicted octanol–water partition coefficient (Wildman–Crippen LogP) is 4.84. The van der Waals surface area contributed by atoms with Crippen molar-refractivity contribution >= 4 is 23.4 Å². The van der Waals surface area contributed by atoms with Gasteiger partial charge in [-0.3, -0.25) is 4.98 Å². The summed E-state index contributed by atoms with van der Waals surface area (Å²) in [5.41, 5.74) is 2.95. The number of hydrogen-bond acceptors (Lipinski definition) is 5. The van der Waals surface area contributed by atoms with Crippen molar-refractivity contribution in [1.82, 2.24) is 9.97 Å². The topological polar surface area (TPSA) is 128 Å². The van der Waals surface area contributed by atoms with E-state index in [2.05, 4.69) is 20.6 Å². The molecule has 0 fully saturated rings. The Labute approximate surface area is 205 Å². The first-order chi connectivity index (χ1) is 17.4. The quantitative estimate of drug-likeness (QED) is 0.240. The van der Waals surface area contributed by atoms with Crippen molar-refractivity contribution < 1.29 is 28.6 Å². The van der Waals surface area contributed by atoms with Gasteiger partial charge in [-0.2, -0.15) is 0 Å². The maximum absolute atomic E-state index is 13.9. The van der Waals surface area contributed by atoms with Crippen LogP contribution in [0.1, 0.15) is 16.1 Å². The van der Waals surface area contributed by atoms with Crippen molar-refractivity contribution in [3.05, 3.63) is 90.1 Å².